The van der Waals surface area contributed by atoms with E-state index in [0.717, 1.165) is 6.42 Å². The number of hydrogen-bond acceptors (Lipinski definition) is 2. The summed E-state index contributed by atoms with van der Waals surface area (Å²) in [5.74, 6) is -0.261. The highest BCUT2D eigenvalue weighted by Crippen LogP contribution is 2.29. The quantitative estimate of drug-likeness (QED) is 0.883. The first-order valence-corrected chi connectivity index (χ1v) is 6.11. The highest BCUT2D eigenvalue weighted by molar-refractivity contribution is 5.77. The van der Waals surface area contributed by atoms with Crippen LogP contribution in [0.15, 0.2) is 24.3 Å². The van der Waals surface area contributed by atoms with E-state index in [1.165, 1.54) is 6.07 Å². The Morgan fingerprint density at radius 1 is 1.44 bits per heavy atom. The van der Waals surface area contributed by atoms with Gasteiger partial charge in [0.1, 0.15) is 5.82 Å². The summed E-state index contributed by atoms with van der Waals surface area (Å²) in [6.45, 7) is 1.71. The van der Waals surface area contributed by atoms with Gasteiger partial charge in [-0.15, -0.1) is 0 Å². The Bertz CT molecular complexity index is 438. The Labute approximate surface area is 106 Å². The maximum Gasteiger partial charge on any atom is 0.320 e. The molecule has 5 heteroatoms. The molecule has 0 saturated carbocycles. The summed E-state index contributed by atoms with van der Waals surface area (Å²) in [5, 5.41) is 0. The summed E-state index contributed by atoms with van der Waals surface area (Å²) < 4.78 is 13.7. The first-order chi connectivity index (χ1) is 8.65. The van der Waals surface area contributed by atoms with Crippen molar-refractivity contribution in [3.8, 4) is 0 Å². The van der Waals surface area contributed by atoms with E-state index in [1.807, 2.05) is 0 Å². The van der Waals surface area contributed by atoms with Crippen LogP contribution in [0.3, 0.4) is 0 Å². The van der Waals surface area contributed by atoms with E-state index in [1.54, 1.807) is 35.0 Å². The van der Waals surface area contributed by atoms with E-state index in [0.29, 0.717) is 25.2 Å². The smallest absolute Gasteiger partial charge is 0.320 e. The first-order valence-electron chi connectivity index (χ1n) is 6.11. The molecule has 1 heterocycles. The molecule has 1 fully saturated rings. The molecule has 0 radical (unpaired) electrons. The summed E-state index contributed by atoms with van der Waals surface area (Å²) in [6.07, 6.45) is 0.767. The monoisotopic (exact) mass is 251 g/mol. The van der Waals surface area contributed by atoms with Crippen LogP contribution in [0.4, 0.5) is 9.18 Å². The van der Waals surface area contributed by atoms with Gasteiger partial charge in [-0.1, -0.05) is 18.2 Å². The zero-order valence-electron chi connectivity index (χ0n) is 10.5. The molecule has 1 aromatic rings. The normalized spacial score (nSPS) is 19.7. The van der Waals surface area contributed by atoms with Crippen molar-refractivity contribution >= 4 is 6.03 Å². The average Bonchev–Trinajstić information content (AvgIpc) is 2.65. The van der Waals surface area contributed by atoms with Gasteiger partial charge in [-0.3, -0.25) is 0 Å². The Morgan fingerprint density at radius 3 is 2.83 bits per heavy atom. The molecule has 2 N–H and O–H groups in total. The molecule has 2 rings (SSSR count). The molecule has 18 heavy (non-hydrogen) atoms. The van der Waals surface area contributed by atoms with Crippen molar-refractivity contribution in [2.24, 2.45) is 5.73 Å². The maximum atomic E-state index is 13.7. The number of halogens is 1. The summed E-state index contributed by atoms with van der Waals surface area (Å²) in [5.41, 5.74) is 6.02. The predicted octanol–water partition coefficient (Wildman–Crippen LogP) is 1.58. The van der Waals surface area contributed by atoms with Crippen LogP contribution >= 0.6 is 0 Å². The van der Waals surface area contributed by atoms with Crippen molar-refractivity contribution in [1.29, 1.82) is 0 Å². The Balaban J connectivity index is 2.16. The topological polar surface area (TPSA) is 49.6 Å². The molecule has 4 nitrogen and oxygen atoms in total. The molecule has 1 aliphatic heterocycles. The minimum absolute atomic E-state index is 0.0586. The van der Waals surface area contributed by atoms with Crippen LogP contribution in [0.25, 0.3) is 0 Å². The van der Waals surface area contributed by atoms with Crippen molar-refractivity contribution < 1.29 is 9.18 Å². The lowest BCUT2D eigenvalue weighted by Gasteiger charge is -2.18. The SMILES string of the molecule is CN1C(=O)N(CCCN)CC1c1ccccc1F. The van der Waals surface area contributed by atoms with Crippen LogP contribution < -0.4 is 5.73 Å². The van der Waals surface area contributed by atoms with Gasteiger partial charge in [0.25, 0.3) is 0 Å². The molecule has 2 amide bonds. The number of amides is 2. The summed E-state index contributed by atoms with van der Waals surface area (Å²) in [4.78, 5) is 15.3. The molecule has 98 valence electrons. The van der Waals surface area contributed by atoms with Crippen molar-refractivity contribution in [2.75, 3.05) is 26.7 Å². The van der Waals surface area contributed by atoms with Crippen molar-refractivity contribution in [2.45, 2.75) is 12.5 Å². The largest absolute Gasteiger partial charge is 0.330 e. The van der Waals surface area contributed by atoms with Crippen LogP contribution in [0.1, 0.15) is 18.0 Å². The highest BCUT2D eigenvalue weighted by atomic mass is 19.1. The standard InChI is InChI=1S/C13H18FN3O/c1-16-12(10-5-2-3-6-11(10)14)9-17(13(16)18)8-4-7-15/h2-3,5-6,12H,4,7-9,15H2,1H3. The number of carbonyl (C=O) groups excluding carboxylic acids is 1. The number of hydrogen-bond donors (Lipinski definition) is 1. The van der Waals surface area contributed by atoms with Gasteiger partial charge in [-0.05, 0) is 19.0 Å². The summed E-state index contributed by atoms with van der Waals surface area (Å²) >= 11 is 0. The molecule has 1 unspecified atom stereocenters. The second-order valence-corrected chi connectivity index (χ2v) is 4.52. The number of nitrogens with zero attached hydrogens (tertiary/aromatic N) is 2. The van der Waals surface area contributed by atoms with Crippen LogP contribution in [0.5, 0.6) is 0 Å². The number of urea groups is 1. The molecule has 1 atom stereocenters. The molecular weight excluding hydrogens is 233 g/mol. The third kappa shape index (κ3) is 2.31. The van der Waals surface area contributed by atoms with Gasteiger partial charge in [-0.2, -0.15) is 0 Å². The predicted molar refractivity (Wildman–Crippen MR) is 67.5 cm³/mol. The van der Waals surface area contributed by atoms with Crippen LogP contribution in [-0.2, 0) is 0 Å². The third-order valence-corrected chi connectivity index (χ3v) is 3.33. The number of nitrogens with two attached hydrogens (primary N) is 1. The molecule has 0 bridgehead atoms. The minimum atomic E-state index is -0.261. The van der Waals surface area contributed by atoms with E-state index in [9.17, 15) is 9.18 Å². The number of likely N-dealkylation sites (N-methyl/N-ethyl adjacent to an activating group) is 1. The Hall–Kier alpha value is -1.62. The number of carbonyl (C=O) groups is 1. The van der Waals surface area contributed by atoms with Crippen LogP contribution in [0, 0.1) is 5.82 Å². The third-order valence-electron chi connectivity index (χ3n) is 3.33. The van der Waals surface area contributed by atoms with Crippen LogP contribution in [0.2, 0.25) is 0 Å². The van der Waals surface area contributed by atoms with E-state index < -0.39 is 0 Å². The molecule has 1 saturated heterocycles. The lowest BCUT2D eigenvalue weighted by molar-refractivity contribution is 0.195. The summed E-state index contributed by atoms with van der Waals surface area (Å²) in [6, 6.07) is 6.33. The van der Waals surface area contributed by atoms with Gasteiger partial charge in [0.2, 0.25) is 0 Å². The Kier molecular flexibility index (Phi) is 3.81. The van der Waals surface area contributed by atoms with Gasteiger partial charge in [-0.25, -0.2) is 9.18 Å². The Morgan fingerprint density at radius 2 is 2.17 bits per heavy atom. The highest BCUT2D eigenvalue weighted by Gasteiger charge is 2.36. The number of benzene rings is 1. The average molecular weight is 251 g/mol. The zero-order chi connectivity index (χ0) is 13.1. The number of rotatable bonds is 4. The fraction of sp³-hybridized carbons (Fsp3) is 0.462. The molecule has 0 aromatic heterocycles. The van der Waals surface area contributed by atoms with E-state index >= 15 is 0 Å². The lowest BCUT2D eigenvalue weighted by atomic mass is 10.1. The van der Waals surface area contributed by atoms with E-state index in [4.69, 9.17) is 5.73 Å². The van der Waals surface area contributed by atoms with E-state index in [-0.39, 0.29) is 17.9 Å². The van der Waals surface area contributed by atoms with Gasteiger partial charge in [0, 0.05) is 25.7 Å². The summed E-state index contributed by atoms with van der Waals surface area (Å²) in [7, 11) is 1.71. The fourth-order valence-corrected chi connectivity index (χ4v) is 2.29. The molecule has 1 aromatic carbocycles. The maximum absolute atomic E-state index is 13.7. The van der Waals surface area contributed by atoms with E-state index in [2.05, 4.69) is 0 Å². The first kappa shape index (κ1) is 12.8. The second-order valence-electron chi connectivity index (χ2n) is 4.52. The van der Waals surface area contributed by atoms with Gasteiger partial charge in [0.05, 0.1) is 6.04 Å². The second kappa shape index (κ2) is 5.35. The fourth-order valence-electron chi connectivity index (χ4n) is 2.29. The minimum Gasteiger partial charge on any atom is -0.330 e. The molecule has 0 aliphatic carbocycles. The molecule has 1 aliphatic rings. The van der Waals surface area contributed by atoms with Crippen molar-refractivity contribution in [3.05, 3.63) is 35.6 Å². The zero-order valence-corrected chi connectivity index (χ0v) is 10.5. The van der Waals surface area contributed by atoms with Gasteiger partial charge < -0.3 is 15.5 Å². The van der Waals surface area contributed by atoms with Crippen LogP contribution in [-0.4, -0.2) is 42.5 Å². The molecule has 0 spiro atoms. The van der Waals surface area contributed by atoms with Crippen molar-refractivity contribution in [3.63, 3.8) is 0 Å². The van der Waals surface area contributed by atoms with Crippen molar-refractivity contribution in [1.82, 2.24) is 9.80 Å². The lowest BCUT2D eigenvalue weighted by Crippen LogP contribution is -2.31. The van der Waals surface area contributed by atoms with Gasteiger partial charge in [0.15, 0.2) is 0 Å². The van der Waals surface area contributed by atoms with Gasteiger partial charge >= 0.3 is 6.03 Å². The molecular formula is C13H18FN3O.